The number of para-hydroxylation sites is 1. The van der Waals surface area contributed by atoms with Crippen LogP contribution in [-0.4, -0.2) is 32.1 Å². The van der Waals surface area contributed by atoms with E-state index in [2.05, 4.69) is 12.0 Å². The number of amides is 1. The minimum Gasteiger partial charge on any atom is -0.449 e. The molecule has 0 bridgehead atoms. The van der Waals surface area contributed by atoms with Crippen molar-refractivity contribution in [1.82, 2.24) is 4.90 Å². The smallest absolute Gasteiger partial charge is 0.415 e. The Bertz CT molecular complexity index is 1110. The summed E-state index contributed by atoms with van der Waals surface area (Å²) < 4.78 is 32.7. The Labute approximate surface area is 177 Å². The molecule has 0 aromatic heterocycles. The van der Waals surface area contributed by atoms with Crippen molar-refractivity contribution in [3.8, 4) is 12.0 Å². The van der Waals surface area contributed by atoms with E-state index in [1.807, 2.05) is 6.92 Å². The van der Waals surface area contributed by atoms with Crippen molar-refractivity contribution >= 4 is 21.8 Å². The molecule has 6 nitrogen and oxygen atoms in total. The van der Waals surface area contributed by atoms with Gasteiger partial charge in [-0.2, -0.15) is 4.31 Å². The molecule has 3 rings (SSSR count). The molecule has 1 aliphatic rings. The Morgan fingerprint density at radius 3 is 2.47 bits per heavy atom. The molecular formula is C23H22N2O4S. The zero-order chi connectivity index (χ0) is 21.6. The number of sulfonamides is 1. The average molecular weight is 423 g/mol. The lowest BCUT2D eigenvalue weighted by Gasteiger charge is -2.24. The minimum atomic E-state index is -3.94. The number of benzene rings is 2. The first-order valence-corrected chi connectivity index (χ1v) is 10.9. The summed E-state index contributed by atoms with van der Waals surface area (Å²) in [6.07, 6.45) is 6.14. The molecule has 2 aromatic rings. The van der Waals surface area contributed by atoms with Crippen LogP contribution in [0.4, 0.5) is 10.5 Å². The Hall–Kier alpha value is -3.50. The maximum Gasteiger partial charge on any atom is 0.415 e. The Morgan fingerprint density at radius 1 is 1.10 bits per heavy atom. The predicted octanol–water partition coefficient (Wildman–Crippen LogP) is 4.06. The van der Waals surface area contributed by atoms with Crippen LogP contribution >= 0.6 is 0 Å². The summed E-state index contributed by atoms with van der Waals surface area (Å²) in [5.41, 5.74) is 1.36. The molecule has 1 unspecified atom stereocenters. The lowest BCUT2D eigenvalue weighted by atomic mass is 10.2. The highest BCUT2D eigenvalue weighted by Crippen LogP contribution is 2.23. The standard InChI is InChI=1S/C23H22N2O4S/c1-3-29-23(26)24-17-8-7-9-20(24)16-18-25(21-10-5-4-6-11-21)30(27,28)22-14-12-19(2)13-15-22/h4-15,17,20H,3H2,1-2H3. The van der Waals surface area contributed by atoms with E-state index in [0.29, 0.717) is 5.69 Å². The van der Waals surface area contributed by atoms with Gasteiger partial charge < -0.3 is 4.74 Å². The van der Waals surface area contributed by atoms with Crippen molar-refractivity contribution in [3.63, 3.8) is 0 Å². The van der Waals surface area contributed by atoms with E-state index in [4.69, 9.17) is 4.74 Å². The van der Waals surface area contributed by atoms with Gasteiger partial charge in [0.2, 0.25) is 0 Å². The summed E-state index contributed by atoms with van der Waals surface area (Å²) >= 11 is 0. The molecule has 0 spiro atoms. The molecule has 1 atom stereocenters. The molecular weight excluding hydrogens is 400 g/mol. The van der Waals surface area contributed by atoms with E-state index in [0.717, 1.165) is 9.87 Å². The fraction of sp³-hybridized carbons (Fsp3) is 0.174. The van der Waals surface area contributed by atoms with E-state index in [-0.39, 0.29) is 11.5 Å². The van der Waals surface area contributed by atoms with Crippen LogP contribution in [0.3, 0.4) is 0 Å². The summed E-state index contributed by atoms with van der Waals surface area (Å²) in [5.74, 6) is 2.88. The molecule has 0 radical (unpaired) electrons. The number of nitrogens with zero attached hydrogens (tertiary/aromatic N) is 2. The first-order chi connectivity index (χ1) is 14.4. The SMILES string of the molecule is CCOC(=O)N1C=CC=CC1C#CN(c1ccccc1)S(=O)(=O)c1ccc(C)cc1. The van der Waals surface area contributed by atoms with Gasteiger partial charge in [0.05, 0.1) is 17.2 Å². The molecule has 0 aliphatic carbocycles. The number of rotatable bonds is 4. The second-order valence-corrected chi connectivity index (χ2v) is 8.24. The normalized spacial score (nSPS) is 15.3. The maximum atomic E-state index is 13.3. The topological polar surface area (TPSA) is 66.9 Å². The number of hydrogen-bond donors (Lipinski definition) is 0. The summed E-state index contributed by atoms with van der Waals surface area (Å²) in [5, 5.41) is 0. The second kappa shape index (κ2) is 9.33. The molecule has 7 heteroatoms. The molecule has 0 saturated heterocycles. The van der Waals surface area contributed by atoms with E-state index in [1.54, 1.807) is 85.9 Å². The quantitative estimate of drug-likeness (QED) is 0.550. The third-order valence-corrected chi connectivity index (χ3v) is 5.94. The van der Waals surface area contributed by atoms with Crippen molar-refractivity contribution in [1.29, 1.82) is 0 Å². The van der Waals surface area contributed by atoms with E-state index in [1.165, 1.54) is 4.90 Å². The number of allylic oxidation sites excluding steroid dienone is 2. The third-order valence-electron chi connectivity index (χ3n) is 4.29. The third kappa shape index (κ3) is 4.73. The van der Waals surface area contributed by atoms with Gasteiger partial charge >= 0.3 is 6.09 Å². The number of ether oxygens (including phenoxy) is 1. The Morgan fingerprint density at radius 2 is 1.80 bits per heavy atom. The van der Waals surface area contributed by atoms with Gasteiger partial charge in [-0.15, -0.1) is 0 Å². The minimum absolute atomic E-state index is 0.132. The van der Waals surface area contributed by atoms with E-state index >= 15 is 0 Å². The molecule has 30 heavy (non-hydrogen) atoms. The summed E-state index contributed by atoms with van der Waals surface area (Å²) in [6, 6.07) is 17.3. The Balaban J connectivity index is 2.01. The van der Waals surface area contributed by atoms with Gasteiger partial charge in [0, 0.05) is 12.2 Å². The molecule has 0 saturated carbocycles. The zero-order valence-electron chi connectivity index (χ0n) is 16.7. The number of anilines is 1. The van der Waals surface area contributed by atoms with Crippen molar-refractivity contribution in [2.24, 2.45) is 0 Å². The van der Waals surface area contributed by atoms with Crippen molar-refractivity contribution in [2.45, 2.75) is 24.8 Å². The van der Waals surface area contributed by atoms with Crippen LogP contribution in [0, 0.1) is 18.9 Å². The molecule has 2 aromatic carbocycles. The van der Waals surface area contributed by atoms with Gasteiger partial charge in [-0.25, -0.2) is 13.2 Å². The maximum absolute atomic E-state index is 13.3. The fourth-order valence-electron chi connectivity index (χ4n) is 2.75. The number of aryl methyl sites for hydroxylation is 1. The van der Waals surface area contributed by atoms with Gasteiger partial charge in [-0.3, -0.25) is 4.90 Å². The molecule has 1 heterocycles. The highest BCUT2D eigenvalue weighted by Gasteiger charge is 2.25. The Kier molecular flexibility index (Phi) is 6.60. The van der Waals surface area contributed by atoms with Gasteiger partial charge in [0.1, 0.15) is 6.04 Å². The summed E-state index contributed by atoms with van der Waals surface area (Å²) in [7, 11) is -3.94. The monoisotopic (exact) mass is 422 g/mol. The van der Waals surface area contributed by atoms with E-state index < -0.39 is 22.2 Å². The number of carbonyl (C=O) groups excluding carboxylic acids is 1. The van der Waals surface area contributed by atoms with Gasteiger partial charge in [-0.1, -0.05) is 42.0 Å². The largest absolute Gasteiger partial charge is 0.449 e. The van der Waals surface area contributed by atoms with E-state index in [9.17, 15) is 13.2 Å². The first-order valence-electron chi connectivity index (χ1n) is 9.42. The number of carbonyl (C=O) groups is 1. The highest BCUT2D eigenvalue weighted by molar-refractivity contribution is 7.93. The van der Waals surface area contributed by atoms with Crippen molar-refractivity contribution in [3.05, 3.63) is 84.6 Å². The molecule has 0 fully saturated rings. The van der Waals surface area contributed by atoms with Crippen LogP contribution in [0.5, 0.6) is 0 Å². The summed E-state index contributed by atoms with van der Waals surface area (Å²) in [6.45, 7) is 3.83. The molecule has 0 N–H and O–H groups in total. The molecule has 154 valence electrons. The van der Waals surface area contributed by atoms with Crippen LogP contribution in [-0.2, 0) is 14.8 Å². The lowest BCUT2D eigenvalue weighted by Crippen LogP contribution is -2.36. The number of hydrogen-bond acceptors (Lipinski definition) is 4. The highest BCUT2D eigenvalue weighted by atomic mass is 32.2. The predicted molar refractivity (Wildman–Crippen MR) is 116 cm³/mol. The average Bonchev–Trinajstić information content (AvgIpc) is 2.75. The van der Waals surface area contributed by atoms with Crippen LogP contribution in [0.25, 0.3) is 0 Å². The van der Waals surface area contributed by atoms with Crippen molar-refractivity contribution < 1.29 is 17.9 Å². The zero-order valence-corrected chi connectivity index (χ0v) is 17.5. The van der Waals surface area contributed by atoms with Crippen LogP contribution in [0.1, 0.15) is 12.5 Å². The van der Waals surface area contributed by atoms with Crippen LogP contribution in [0.2, 0.25) is 0 Å². The van der Waals surface area contributed by atoms with Gasteiger partial charge in [-0.05, 0) is 56.2 Å². The first kappa shape index (κ1) is 21.2. The van der Waals surface area contributed by atoms with Crippen LogP contribution < -0.4 is 4.31 Å². The van der Waals surface area contributed by atoms with Crippen molar-refractivity contribution in [2.75, 3.05) is 10.9 Å². The molecule has 1 aliphatic heterocycles. The fourth-order valence-corrected chi connectivity index (χ4v) is 4.02. The van der Waals surface area contributed by atoms with Gasteiger partial charge in [0.25, 0.3) is 10.0 Å². The molecule has 1 amide bonds. The second-order valence-electron chi connectivity index (χ2n) is 6.45. The van der Waals surface area contributed by atoms with Gasteiger partial charge in [0.15, 0.2) is 0 Å². The van der Waals surface area contributed by atoms with Crippen LogP contribution in [0.15, 0.2) is 83.9 Å². The summed E-state index contributed by atoms with van der Waals surface area (Å²) in [4.78, 5) is 13.6. The lowest BCUT2D eigenvalue weighted by molar-refractivity contribution is 0.120.